The lowest BCUT2D eigenvalue weighted by atomic mass is 10.2. The maximum absolute atomic E-state index is 12.4. The number of carbonyl (C=O) groups excluding carboxylic acids is 1. The fourth-order valence-corrected chi connectivity index (χ4v) is 3.74. The molecule has 0 spiro atoms. The maximum atomic E-state index is 12.4. The summed E-state index contributed by atoms with van der Waals surface area (Å²) in [7, 11) is -3.89. The molecule has 1 amide bonds. The van der Waals surface area contributed by atoms with Gasteiger partial charge in [-0.3, -0.25) is 9.52 Å². The van der Waals surface area contributed by atoms with Crippen LogP contribution in [-0.2, 0) is 21.4 Å². The van der Waals surface area contributed by atoms with Crippen LogP contribution in [0.5, 0.6) is 5.75 Å². The van der Waals surface area contributed by atoms with Crippen LogP contribution in [0.2, 0.25) is 5.02 Å². The first-order valence-corrected chi connectivity index (χ1v) is 10.1. The number of amides is 1. The van der Waals surface area contributed by atoms with Crippen LogP contribution in [0, 0.1) is 0 Å². The second-order valence-corrected chi connectivity index (χ2v) is 7.95. The Morgan fingerprint density at radius 1 is 1.00 bits per heavy atom. The van der Waals surface area contributed by atoms with E-state index in [1.54, 1.807) is 47.3 Å². The van der Waals surface area contributed by atoms with Crippen LogP contribution < -0.4 is 14.6 Å². The molecule has 0 fully saturated rings. The van der Waals surface area contributed by atoms with E-state index in [1.165, 1.54) is 24.3 Å². The van der Waals surface area contributed by atoms with Gasteiger partial charge in [-0.1, -0.05) is 35.9 Å². The zero-order chi connectivity index (χ0) is 20.1. The molecule has 1 aromatic heterocycles. The zero-order valence-electron chi connectivity index (χ0n) is 14.5. The molecule has 0 saturated carbocycles. The Morgan fingerprint density at radius 3 is 2.32 bits per heavy atom. The van der Waals surface area contributed by atoms with Crippen molar-refractivity contribution < 1.29 is 22.9 Å². The number of phenolic OH excluding ortho intramolecular Hbond substituents is 1. The summed E-state index contributed by atoms with van der Waals surface area (Å²) in [6, 6.07) is 15.6. The maximum Gasteiger partial charge on any atom is 0.290 e. The Kier molecular flexibility index (Phi) is 5.81. The molecular formula is C19H17ClN3O4S+. The number of hydrogen-bond donors (Lipinski definition) is 3. The predicted molar refractivity (Wildman–Crippen MR) is 106 cm³/mol. The molecule has 7 nitrogen and oxygen atoms in total. The van der Waals surface area contributed by atoms with Crippen molar-refractivity contribution in [3.63, 3.8) is 0 Å². The summed E-state index contributed by atoms with van der Waals surface area (Å²) in [6.07, 6.45) is 3.47. The van der Waals surface area contributed by atoms with E-state index in [9.17, 15) is 18.3 Å². The first-order chi connectivity index (χ1) is 13.3. The van der Waals surface area contributed by atoms with Gasteiger partial charge in [-0.2, -0.15) is 4.57 Å². The molecule has 1 heterocycles. The van der Waals surface area contributed by atoms with E-state index in [4.69, 9.17) is 11.6 Å². The van der Waals surface area contributed by atoms with Gasteiger partial charge in [-0.25, -0.2) is 8.42 Å². The highest BCUT2D eigenvalue weighted by Gasteiger charge is 2.18. The number of halogens is 1. The van der Waals surface area contributed by atoms with Gasteiger partial charge in [0.15, 0.2) is 12.4 Å². The normalized spacial score (nSPS) is 11.0. The Bertz CT molecular complexity index is 1090. The van der Waals surface area contributed by atoms with Gasteiger partial charge >= 0.3 is 0 Å². The van der Waals surface area contributed by atoms with Gasteiger partial charge in [0.2, 0.25) is 6.54 Å². The number of pyridine rings is 1. The van der Waals surface area contributed by atoms with Gasteiger partial charge in [0, 0.05) is 18.2 Å². The number of aromatic hydroxyl groups is 1. The Morgan fingerprint density at radius 2 is 1.64 bits per heavy atom. The highest BCUT2D eigenvalue weighted by Crippen LogP contribution is 2.35. The van der Waals surface area contributed by atoms with Gasteiger partial charge in [0.05, 0.1) is 21.3 Å². The average molecular weight is 419 g/mol. The standard InChI is InChI=1S/C19H16ClN3O4S/c20-15-11-17(22-28(26,27)14-7-3-1-4-8-14)18(24)12-16(15)21-19(25)13-23-9-5-2-6-10-23/h1-12,22H,13H2,(H-,21,24,25)/p+1. The lowest BCUT2D eigenvalue weighted by Crippen LogP contribution is -2.39. The van der Waals surface area contributed by atoms with Crippen LogP contribution in [0.4, 0.5) is 11.4 Å². The molecule has 0 aliphatic carbocycles. The first-order valence-electron chi connectivity index (χ1n) is 8.19. The van der Waals surface area contributed by atoms with Crippen molar-refractivity contribution in [2.75, 3.05) is 10.0 Å². The molecule has 0 unspecified atom stereocenters. The lowest BCUT2D eigenvalue weighted by molar-refractivity contribution is -0.684. The van der Waals surface area contributed by atoms with Crippen LogP contribution in [0.15, 0.2) is 78.0 Å². The van der Waals surface area contributed by atoms with Gasteiger partial charge < -0.3 is 10.4 Å². The SMILES string of the molecule is O=C(C[n+]1ccccc1)Nc1cc(O)c(NS(=O)(=O)c2ccccc2)cc1Cl. The number of hydrogen-bond acceptors (Lipinski definition) is 4. The monoisotopic (exact) mass is 418 g/mol. The summed E-state index contributed by atoms with van der Waals surface area (Å²) in [5.41, 5.74) is 0.0765. The lowest BCUT2D eigenvalue weighted by Gasteiger charge is -2.13. The third kappa shape index (κ3) is 4.79. The Balaban J connectivity index is 1.76. The number of phenols is 1. The minimum Gasteiger partial charge on any atom is -0.506 e. The molecular weight excluding hydrogens is 402 g/mol. The van der Waals surface area contributed by atoms with Crippen molar-refractivity contribution in [3.05, 3.63) is 78.1 Å². The van der Waals surface area contributed by atoms with Crippen molar-refractivity contribution in [1.82, 2.24) is 0 Å². The average Bonchev–Trinajstić information content (AvgIpc) is 2.67. The van der Waals surface area contributed by atoms with Crippen LogP contribution in [0.3, 0.4) is 0 Å². The minimum atomic E-state index is -3.89. The van der Waals surface area contributed by atoms with Crippen LogP contribution in [0.25, 0.3) is 0 Å². The largest absolute Gasteiger partial charge is 0.506 e. The van der Waals surface area contributed by atoms with Crippen LogP contribution >= 0.6 is 11.6 Å². The summed E-state index contributed by atoms with van der Waals surface area (Å²) >= 11 is 6.16. The third-order valence-corrected chi connectivity index (χ3v) is 5.45. The highest BCUT2D eigenvalue weighted by atomic mass is 35.5. The molecule has 3 N–H and O–H groups in total. The second kappa shape index (κ2) is 8.28. The van der Waals surface area contributed by atoms with E-state index in [1.807, 2.05) is 6.07 Å². The molecule has 28 heavy (non-hydrogen) atoms. The molecule has 144 valence electrons. The van der Waals surface area contributed by atoms with Crippen molar-refractivity contribution in [3.8, 4) is 5.75 Å². The van der Waals surface area contributed by atoms with E-state index in [0.29, 0.717) is 0 Å². The third-order valence-electron chi connectivity index (χ3n) is 3.76. The van der Waals surface area contributed by atoms with Crippen molar-refractivity contribution in [2.45, 2.75) is 11.4 Å². The smallest absolute Gasteiger partial charge is 0.290 e. The molecule has 3 rings (SSSR count). The molecule has 9 heteroatoms. The fourth-order valence-electron chi connectivity index (χ4n) is 2.44. The van der Waals surface area contributed by atoms with Gasteiger partial charge in [-0.05, 0) is 18.2 Å². The number of sulfonamides is 1. The molecule has 0 bridgehead atoms. The number of aromatic nitrogens is 1. The molecule has 0 aliphatic rings. The van der Waals surface area contributed by atoms with E-state index in [-0.39, 0.29) is 39.5 Å². The molecule has 2 aromatic carbocycles. The van der Waals surface area contributed by atoms with E-state index >= 15 is 0 Å². The first kappa shape index (κ1) is 19.7. The van der Waals surface area contributed by atoms with Crippen molar-refractivity contribution in [1.29, 1.82) is 0 Å². The Hall–Kier alpha value is -3.10. The van der Waals surface area contributed by atoms with Crippen LogP contribution in [0.1, 0.15) is 0 Å². The second-order valence-electron chi connectivity index (χ2n) is 5.86. The van der Waals surface area contributed by atoms with Gasteiger partial charge in [0.25, 0.3) is 15.9 Å². The van der Waals surface area contributed by atoms with Gasteiger partial charge in [-0.15, -0.1) is 0 Å². The van der Waals surface area contributed by atoms with Crippen molar-refractivity contribution in [2.24, 2.45) is 0 Å². The highest BCUT2D eigenvalue weighted by molar-refractivity contribution is 7.92. The molecule has 0 atom stereocenters. The number of nitrogens with one attached hydrogen (secondary N) is 2. The number of anilines is 2. The van der Waals surface area contributed by atoms with Gasteiger partial charge in [0.1, 0.15) is 5.75 Å². The zero-order valence-corrected chi connectivity index (χ0v) is 16.1. The summed E-state index contributed by atoms with van der Waals surface area (Å²) in [6.45, 7) is 0.0559. The number of rotatable bonds is 6. The fraction of sp³-hybridized carbons (Fsp3) is 0.0526. The van der Waals surface area contributed by atoms with Crippen molar-refractivity contribution >= 4 is 38.9 Å². The summed E-state index contributed by atoms with van der Waals surface area (Å²) < 4.78 is 28.7. The topological polar surface area (TPSA) is 99.4 Å². The van der Waals surface area contributed by atoms with Crippen LogP contribution in [-0.4, -0.2) is 19.4 Å². The number of carbonyl (C=O) groups is 1. The van der Waals surface area contributed by atoms with E-state index in [0.717, 1.165) is 0 Å². The molecule has 0 aliphatic heterocycles. The van der Waals surface area contributed by atoms with E-state index in [2.05, 4.69) is 10.0 Å². The molecule has 3 aromatic rings. The minimum absolute atomic E-state index is 0.0442. The quantitative estimate of drug-likeness (QED) is 0.423. The predicted octanol–water partition coefficient (Wildman–Crippen LogP) is 2.77. The molecule has 0 radical (unpaired) electrons. The Labute approximate surface area is 167 Å². The summed E-state index contributed by atoms with van der Waals surface area (Å²) in [5, 5.41) is 12.9. The summed E-state index contributed by atoms with van der Waals surface area (Å²) in [5.74, 6) is -0.721. The summed E-state index contributed by atoms with van der Waals surface area (Å²) in [4.78, 5) is 12.2. The number of benzene rings is 2. The molecule has 0 saturated heterocycles. The number of nitrogens with zero attached hydrogens (tertiary/aromatic N) is 1. The van der Waals surface area contributed by atoms with E-state index < -0.39 is 10.0 Å².